The molecule has 1 aromatic heterocycles. The van der Waals surface area contributed by atoms with Gasteiger partial charge in [-0.05, 0) is 63.1 Å². The SMILES string of the molecule is CCCc1nc(C)c2n1NC(c1cc(S(=O)(=O)NC3C[C@H](C(O)C(F)(F)F)N(c4ccc(C#N)c(C(F)(F)F)c4)C3)ccc1OCC)NC2=O. The molecule has 3 unspecified atom stereocenters. The van der Waals surface area contributed by atoms with Crippen molar-refractivity contribution in [3.8, 4) is 11.8 Å². The van der Waals surface area contributed by atoms with Crippen molar-refractivity contribution in [1.29, 1.82) is 5.26 Å². The van der Waals surface area contributed by atoms with Gasteiger partial charge in [0.25, 0.3) is 5.91 Å². The molecule has 3 aromatic rings. The highest BCUT2D eigenvalue weighted by atomic mass is 32.2. The summed E-state index contributed by atoms with van der Waals surface area (Å²) in [4.78, 5) is 18.1. The summed E-state index contributed by atoms with van der Waals surface area (Å²) in [5.41, 5.74) is 1.54. The molecule has 1 amide bonds. The molecule has 50 heavy (non-hydrogen) atoms. The van der Waals surface area contributed by atoms with Crippen LogP contribution < -0.4 is 25.1 Å². The number of aryl methyl sites for hydroxylation is 2. The van der Waals surface area contributed by atoms with Crippen molar-refractivity contribution >= 4 is 21.6 Å². The number of fused-ring (bicyclic) bond motifs is 1. The van der Waals surface area contributed by atoms with E-state index in [4.69, 9.17) is 10.00 Å². The van der Waals surface area contributed by atoms with Crippen LogP contribution in [0.15, 0.2) is 41.3 Å². The molecule has 1 saturated heterocycles. The second kappa shape index (κ2) is 13.6. The number of imidazole rings is 1. The van der Waals surface area contributed by atoms with E-state index < -0.39 is 82.4 Å². The summed E-state index contributed by atoms with van der Waals surface area (Å²) in [6.07, 6.45) is -13.6. The summed E-state index contributed by atoms with van der Waals surface area (Å²) >= 11 is 0. The van der Waals surface area contributed by atoms with Crippen molar-refractivity contribution in [2.24, 2.45) is 0 Å². The summed E-state index contributed by atoms with van der Waals surface area (Å²) < 4.78 is 119. The van der Waals surface area contributed by atoms with Gasteiger partial charge in [0, 0.05) is 30.3 Å². The van der Waals surface area contributed by atoms with Gasteiger partial charge in [-0.15, -0.1) is 0 Å². The van der Waals surface area contributed by atoms with Gasteiger partial charge in [0.2, 0.25) is 10.0 Å². The number of aliphatic hydroxyl groups is 1. The molecule has 1 fully saturated rings. The maximum absolute atomic E-state index is 13.7. The molecule has 2 aromatic carbocycles. The van der Waals surface area contributed by atoms with E-state index in [1.165, 1.54) is 28.9 Å². The largest absolute Gasteiger partial charge is 0.493 e. The standard InChI is InChI=1S/C31H33F6N7O5S/c1-4-6-25-39-16(3)26-29(46)40-28(41-44(25)26)21-13-20(9-10-24(21)49-5-2)50(47,48)42-18-11-23(27(45)31(35,36)37)43(15-18)19-8-7-17(14-38)22(12-19)30(32,33)34/h7-10,12-13,18,23,27-28,41-42,45H,4-6,11,15H2,1-3H3,(H,40,46)/t18?,23-,27?,28?/m1/s1. The predicted octanol–water partition coefficient (Wildman–Crippen LogP) is 4.27. The van der Waals surface area contributed by atoms with Crippen molar-refractivity contribution in [3.63, 3.8) is 0 Å². The Bertz CT molecular complexity index is 1930. The summed E-state index contributed by atoms with van der Waals surface area (Å²) in [7, 11) is -4.53. The Morgan fingerprint density at radius 1 is 1.16 bits per heavy atom. The minimum Gasteiger partial charge on any atom is -0.493 e. The van der Waals surface area contributed by atoms with Crippen LogP contribution in [0.5, 0.6) is 5.75 Å². The maximum Gasteiger partial charge on any atom is 0.417 e. The number of nitrogens with zero attached hydrogens (tertiary/aromatic N) is 4. The summed E-state index contributed by atoms with van der Waals surface area (Å²) in [5.74, 6) is 0.323. The Balaban J connectivity index is 1.47. The number of nitrogens with one attached hydrogen (secondary N) is 3. The number of aromatic nitrogens is 2. The molecule has 19 heteroatoms. The number of aliphatic hydroxyl groups excluding tert-OH is 1. The number of hydrogen-bond donors (Lipinski definition) is 4. The van der Waals surface area contributed by atoms with Crippen molar-refractivity contribution in [3.05, 3.63) is 70.3 Å². The minimum absolute atomic E-state index is 0.181. The molecule has 0 radical (unpaired) electrons. The first kappa shape index (κ1) is 36.7. The molecule has 0 saturated carbocycles. The molecule has 0 bridgehead atoms. The lowest BCUT2D eigenvalue weighted by atomic mass is 10.0. The minimum atomic E-state index is -5.19. The Morgan fingerprint density at radius 3 is 2.50 bits per heavy atom. The number of halogens is 6. The Labute approximate surface area is 283 Å². The first-order valence-electron chi connectivity index (χ1n) is 15.5. The predicted molar refractivity (Wildman–Crippen MR) is 166 cm³/mol. The Morgan fingerprint density at radius 2 is 1.88 bits per heavy atom. The number of rotatable bonds is 10. The first-order chi connectivity index (χ1) is 23.4. The average Bonchev–Trinajstić information content (AvgIpc) is 3.59. The lowest BCUT2D eigenvalue weighted by Gasteiger charge is -2.31. The zero-order valence-corrected chi connectivity index (χ0v) is 27.7. The fourth-order valence-electron chi connectivity index (χ4n) is 6.19. The highest BCUT2D eigenvalue weighted by Crippen LogP contribution is 2.39. The average molecular weight is 730 g/mol. The Kier molecular flexibility index (Phi) is 10.0. The maximum atomic E-state index is 13.7. The monoisotopic (exact) mass is 729 g/mol. The third-order valence-corrected chi connectivity index (χ3v) is 9.89. The van der Waals surface area contributed by atoms with E-state index in [-0.39, 0.29) is 28.5 Å². The summed E-state index contributed by atoms with van der Waals surface area (Å²) in [5, 5.41) is 22.1. The van der Waals surface area contributed by atoms with Gasteiger partial charge in [-0.25, -0.2) is 22.8 Å². The topological polar surface area (TPSA) is 162 Å². The van der Waals surface area contributed by atoms with E-state index in [1.807, 2.05) is 6.92 Å². The van der Waals surface area contributed by atoms with E-state index in [0.717, 1.165) is 23.5 Å². The van der Waals surface area contributed by atoms with Gasteiger partial charge in [0.15, 0.2) is 11.8 Å². The van der Waals surface area contributed by atoms with Crippen molar-refractivity contribution in [1.82, 2.24) is 19.7 Å². The number of ether oxygens (including phenoxy) is 1. The molecule has 3 heterocycles. The quantitative estimate of drug-likeness (QED) is 0.224. The zero-order chi connectivity index (χ0) is 36.8. The van der Waals surface area contributed by atoms with E-state index in [9.17, 15) is 44.7 Å². The molecule has 0 aliphatic carbocycles. The molecule has 5 rings (SSSR count). The van der Waals surface area contributed by atoms with Crippen LogP contribution in [-0.4, -0.2) is 66.6 Å². The van der Waals surface area contributed by atoms with Crippen LogP contribution in [0.3, 0.4) is 0 Å². The number of anilines is 1. The third kappa shape index (κ3) is 7.18. The van der Waals surface area contributed by atoms with Crippen molar-refractivity contribution in [2.45, 2.75) is 81.6 Å². The second-order valence-electron chi connectivity index (χ2n) is 11.8. The zero-order valence-electron chi connectivity index (χ0n) is 26.9. The van der Waals surface area contributed by atoms with Gasteiger partial charge in [-0.3, -0.25) is 10.2 Å². The van der Waals surface area contributed by atoms with Crippen LogP contribution in [0.25, 0.3) is 0 Å². The van der Waals surface area contributed by atoms with Gasteiger partial charge in [0.05, 0.1) is 40.4 Å². The molecule has 0 spiro atoms. The molecule has 270 valence electrons. The van der Waals surface area contributed by atoms with Gasteiger partial charge < -0.3 is 20.1 Å². The fraction of sp³-hybridized carbons (Fsp3) is 0.452. The van der Waals surface area contributed by atoms with Crippen LogP contribution in [0.2, 0.25) is 0 Å². The lowest BCUT2D eigenvalue weighted by Crippen LogP contribution is -2.47. The second-order valence-corrected chi connectivity index (χ2v) is 13.5. The van der Waals surface area contributed by atoms with E-state index in [1.54, 1.807) is 13.8 Å². The van der Waals surface area contributed by atoms with Crippen LogP contribution in [0.1, 0.15) is 71.6 Å². The van der Waals surface area contributed by atoms with E-state index in [0.29, 0.717) is 24.0 Å². The number of nitriles is 1. The molecule has 12 nitrogen and oxygen atoms in total. The van der Waals surface area contributed by atoms with Crippen molar-refractivity contribution in [2.75, 3.05) is 23.5 Å². The molecule has 4 atom stereocenters. The fourth-order valence-corrected chi connectivity index (χ4v) is 7.47. The van der Waals surface area contributed by atoms with Crippen LogP contribution in [0.4, 0.5) is 32.0 Å². The highest BCUT2D eigenvalue weighted by Gasteiger charge is 2.50. The molecular formula is C31H33F6N7O5S. The number of carbonyl (C=O) groups excluding carboxylic acids is 1. The van der Waals surface area contributed by atoms with Crippen molar-refractivity contribution < 1.29 is 49.4 Å². The number of alkyl halides is 6. The van der Waals surface area contributed by atoms with E-state index in [2.05, 4.69) is 20.4 Å². The number of benzene rings is 2. The number of carbonyl (C=O) groups is 1. The molecular weight excluding hydrogens is 696 g/mol. The van der Waals surface area contributed by atoms with Crippen LogP contribution in [-0.2, 0) is 22.6 Å². The lowest BCUT2D eigenvalue weighted by molar-refractivity contribution is -0.209. The highest BCUT2D eigenvalue weighted by molar-refractivity contribution is 7.89. The smallest absolute Gasteiger partial charge is 0.417 e. The van der Waals surface area contributed by atoms with Gasteiger partial charge in [-0.1, -0.05) is 6.92 Å². The number of hydrogen-bond acceptors (Lipinski definition) is 9. The van der Waals surface area contributed by atoms with Gasteiger partial charge >= 0.3 is 12.4 Å². The van der Waals surface area contributed by atoms with Gasteiger partial charge in [-0.2, -0.15) is 31.6 Å². The van der Waals surface area contributed by atoms with Crippen LogP contribution in [0, 0.1) is 18.3 Å². The molecule has 2 aliphatic heterocycles. The normalized spacial score (nSPS) is 20.1. The number of sulfonamides is 1. The first-order valence-corrected chi connectivity index (χ1v) is 16.9. The summed E-state index contributed by atoms with van der Waals surface area (Å²) in [6.45, 7) is 4.94. The third-order valence-electron chi connectivity index (χ3n) is 8.37. The molecule has 2 aliphatic rings. The Hall–Kier alpha value is -4.54. The van der Waals surface area contributed by atoms with Crippen LogP contribution >= 0.6 is 0 Å². The number of amides is 1. The van der Waals surface area contributed by atoms with E-state index >= 15 is 0 Å². The molecule has 4 N–H and O–H groups in total. The summed E-state index contributed by atoms with van der Waals surface area (Å²) in [6, 6.07) is 4.29. The van der Waals surface area contributed by atoms with Gasteiger partial charge in [0.1, 0.15) is 17.7 Å².